The summed E-state index contributed by atoms with van der Waals surface area (Å²) < 4.78 is 0. The largest absolute Gasteiger partial charge is 0.477 e. The molecule has 0 aliphatic carbocycles. The zero-order valence-electron chi connectivity index (χ0n) is 8.46. The van der Waals surface area contributed by atoms with Crippen molar-refractivity contribution >= 4 is 17.3 Å². The van der Waals surface area contributed by atoms with Gasteiger partial charge in [0.1, 0.15) is 4.88 Å². The zero-order chi connectivity index (χ0) is 10.6. The van der Waals surface area contributed by atoms with E-state index in [0.29, 0.717) is 4.88 Å². The highest BCUT2D eigenvalue weighted by Crippen LogP contribution is 2.21. The lowest BCUT2D eigenvalue weighted by Gasteiger charge is -2.00. The van der Waals surface area contributed by atoms with Crippen LogP contribution in [0.5, 0.6) is 0 Å². The Morgan fingerprint density at radius 2 is 2.36 bits per heavy atom. The number of carboxylic acids is 1. The number of carboxylic acid groups (broad SMARTS) is 1. The second-order valence-electron chi connectivity index (χ2n) is 3.17. The molecule has 1 rings (SSSR count). The number of hydrogen-bond donors (Lipinski definition) is 2. The fraction of sp³-hybridized carbons (Fsp3) is 0.500. The highest BCUT2D eigenvalue weighted by Gasteiger charge is 2.09. The number of rotatable bonds is 5. The van der Waals surface area contributed by atoms with Crippen LogP contribution < -0.4 is 5.32 Å². The first kappa shape index (κ1) is 11.2. The summed E-state index contributed by atoms with van der Waals surface area (Å²) in [4.78, 5) is 12.2. The Morgan fingerprint density at radius 3 is 2.86 bits per heavy atom. The summed E-state index contributed by atoms with van der Waals surface area (Å²) in [7, 11) is 0. The van der Waals surface area contributed by atoms with Crippen LogP contribution in [0.4, 0.5) is 0 Å². The van der Waals surface area contributed by atoms with Crippen LogP contribution in [0.1, 0.15) is 33.5 Å². The van der Waals surface area contributed by atoms with Gasteiger partial charge < -0.3 is 10.4 Å². The van der Waals surface area contributed by atoms with Gasteiger partial charge in [-0.15, -0.1) is 11.3 Å². The van der Waals surface area contributed by atoms with E-state index in [-0.39, 0.29) is 0 Å². The van der Waals surface area contributed by atoms with Crippen molar-refractivity contribution in [3.05, 3.63) is 21.4 Å². The number of thiophene rings is 1. The molecule has 78 valence electrons. The molecule has 0 saturated heterocycles. The summed E-state index contributed by atoms with van der Waals surface area (Å²) in [6.07, 6.45) is 1.09. The highest BCUT2D eigenvalue weighted by atomic mass is 32.1. The smallest absolute Gasteiger partial charge is 0.345 e. The van der Waals surface area contributed by atoms with E-state index in [1.165, 1.54) is 11.3 Å². The highest BCUT2D eigenvalue weighted by molar-refractivity contribution is 7.14. The molecule has 0 atom stereocenters. The fourth-order valence-electron chi connectivity index (χ4n) is 1.20. The molecule has 0 amide bonds. The van der Waals surface area contributed by atoms with Crippen molar-refractivity contribution in [3.8, 4) is 0 Å². The molecule has 0 unspecified atom stereocenters. The van der Waals surface area contributed by atoms with E-state index < -0.39 is 5.97 Å². The van der Waals surface area contributed by atoms with Crippen LogP contribution in [-0.2, 0) is 6.54 Å². The summed E-state index contributed by atoms with van der Waals surface area (Å²) in [5.74, 6) is -0.833. The first-order valence-electron chi connectivity index (χ1n) is 4.68. The molecular weight excluding hydrogens is 198 g/mol. The molecule has 0 saturated carbocycles. The van der Waals surface area contributed by atoms with Crippen molar-refractivity contribution in [2.75, 3.05) is 6.54 Å². The van der Waals surface area contributed by atoms with E-state index in [9.17, 15) is 4.79 Å². The van der Waals surface area contributed by atoms with Gasteiger partial charge in [-0.05, 0) is 31.5 Å². The Hall–Kier alpha value is -0.870. The summed E-state index contributed by atoms with van der Waals surface area (Å²) in [5, 5.41) is 12.0. The zero-order valence-corrected chi connectivity index (χ0v) is 9.28. The van der Waals surface area contributed by atoms with Crippen LogP contribution in [0.2, 0.25) is 0 Å². The predicted octanol–water partition coefficient (Wildman–Crippen LogP) is 2.25. The van der Waals surface area contributed by atoms with E-state index in [4.69, 9.17) is 5.11 Å². The third-order valence-electron chi connectivity index (χ3n) is 1.97. The molecular formula is C10H15NO2S. The van der Waals surface area contributed by atoms with Gasteiger partial charge in [0, 0.05) is 11.4 Å². The van der Waals surface area contributed by atoms with E-state index >= 15 is 0 Å². The number of aromatic carboxylic acids is 1. The van der Waals surface area contributed by atoms with Crippen LogP contribution in [0.15, 0.2) is 6.07 Å². The molecule has 0 aromatic carbocycles. The molecule has 0 bridgehead atoms. The normalized spacial score (nSPS) is 10.4. The molecule has 0 radical (unpaired) electrons. The van der Waals surface area contributed by atoms with Gasteiger partial charge in [0.25, 0.3) is 0 Å². The molecule has 2 N–H and O–H groups in total. The third-order valence-corrected chi connectivity index (χ3v) is 3.05. The van der Waals surface area contributed by atoms with Gasteiger partial charge in [0.2, 0.25) is 0 Å². The molecule has 0 fully saturated rings. The first-order valence-corrected chi connectivity index (χ1v) is 5.50. The van der Waals surface area contributed by atoms with E-state index in [0.717, 1.165) is 30.0 Å². The summed E-state index contributed by atoms with van der Waals surface area (Å²) in [6, 6.07) is 1.75. The molecule has 1 aromatic heterocycles. The molecule has 3 nitrogen and oxygen atoms in total. The van der Waals surface area contributed by atoms with E-state index in [2.05, 4.69) is 12.2 Å². The molecule has 1 aromatic rings. The minimum atomic E-state index is -0.833. The van der Waals surface area contributed by atoms with Crippen LogP contribution in [-0.4, -0.2) is 17.6 Å². The van der Waals surface area contributed by atoms with Gasteiger partial charge in [0.05, 0.1) is 0 Å². The summed E-state index contributed by atoms with van der Waals surface area (Å²) in [6.45, 7) is 5.80. The monoisotopic (exact) mass is 213 g/mol. The Bertz CT molecular complexity index is 320. The van der Waals surface area contributed by atoms with Crippen LogP contribution in [0.3, 0.4) is 0 Å². The maximum absolute atomic E-state index is 10.7. The van der Waals surface area contributed by atoms with Gasteiger partial charge in [0.15, 0.2) is 0 Å². The van der Waals surface area contributed by atoms with Gasteiger partial charge in [-0.25, -0.2) is 4.79 Å². The van der Waals surface area contributed by atoms with E-state index in [1.54, 1.807) is 6.07 Å². The molecule has 4 heteroatoms. The van der Waals surface area contributed by atoms with Crippen LogP contribution in [0, 0.1) is 6.92 Å². The quantitative estimate of drug-likeness (QED) is 0.738. The number of aryl methyl sites for hydroxylation is 1. The SMILES string of the molecule is CCCNCc1cc(C(=O)O)sc1C. The van der Waals surface area contributed by atoms with Crippen molar-refractivity contribution < 1.29 is 9.90 Å². The molecule has 0 aliphatic heterocycles. The maximum Gasteiger partial charge on any atom is 0.345 e. The Kier molecular flexibility index (Phi) is 4.10. The van der Waals surface area contributed by atoms with Crippen molar-refractivity contribution in [1.82, 2.24) is 5.32 Å². The Labute approximate surface area is 87.8 Å². The number of nitrogens with one attached hydrogen (secondary N) is 1. The Balaban J connectivity index is 2.63. The molecule has 1 heterocycles. The summed E-state index contributed by atoms with van der Waals surface area (Å²) >= 11 is 1.34. The molecule has 0 spiro atoms. The fourth-order valence-corrected chi connectivity index (χ4v) is 2.08. The van der Waals surface area contributed by atoms with Crippen molar-refractivity contribution in [3.63, 3.8) is 0 Å². The van der Waals surface area contributed by atoms with Gasteiger partial charge in [-0.3, -0.25) is 0 Å². The van der Waals surface area contributed by atoms with E-state index in [1.807, 2.05) is 6.92 Å². The lowest BCUT2D eigenvalue weighted by molar-refractivity contribution is 0.0702. The minimum absolute atomic E-state index is 0.427. The van der Waals surface area contributed by atoms with Crippen LogP contribution in [0.25, 0.3) is 0 Å². The van der Waals surface area contributed by atoms with Crippen molar-refractivity contribution in [1.29, 1.82) is 0 Å². The first-order chi connectivity index (χ1) is 6.65. The standard InChI is InChI=1S/C10H15NO2S/c1-3-4-11-6-8-5-9(10(12)13)14-7(8)2/h5,11H,3-4,6H2,1-2H3,(H,12,13). The third kappa shape index (κ3) is 2.82. The lowest BCUT2D eigenvalue weighted by atomic mass is 10.2. The predicted molar refractivity (Wildman–Crippen MR) is 58.0 cm³/mol. The molecule has 0 aliphatic rings. The van der Waals surface area contributed by atoms with Gasteiger partial charge in [-0.2, -0.15) is 0 Å². The maximum atomic E-state index is 10.7. The van der Waals surface area contributed by atoms with Gasteiger partial charge >= 0.3 is 5.97 Å². The Morgan fingerprint density at radius 1 is 1.64 bits per heavy atom. The van der Waals surface area contributed by atoms with Crippen LogP contribution >= 0.6 is 11.3 Å². The minimum Gasteiger partial charge on any atom is -0.477 e. The van der Waals surface area contributed by atoms with Gasteiger partial charge in [-0.1, -0.05) is 6.92 Å². The average Bonchev–Trinajstić information content (AvgIpc) is 2.49. The van der Waals surface area contributed by atoms with Crippen molar-refractivity contribution in [2.24, 2.45) is 0 Å². The number of hydrogen-bond acceptors (Lipinski definition) is 3. The lowest BCUT2D eigenvalue weighted by Crippen LogP contribution is -2.13. The average molecular weight is 213 g/mol. The second-order valence-corrected chi connectivity index (χ2v) is 4.43. The second kappa shape index (κ2) is 5.12. The topological polar surface area (TPSA) is 49.3 Å². The molecule has 14 heavy (non-hydrogen) atoms. The van der Waals surface area contributed by atoms with Crippen molar-refractivity contribution in [2.45, 2.75) is 26.8 Å². The number of carbonyl (C=O) groups is 1. The summed E-state index contributed by atoms with van der Waals surface area (Å²) in [5.41, 5.74) is 1.10.